The number of nitrogens with one attached hydrogen (secondary N) is 1. The smallest absolute Gasteiger partial charge is 0.170 e. The van der Waals surface area contributed by atoms with Crippen molar-refractivity contribution < 1.29 is 4.42 Å². The first kappa shape index (κ1) is 11.6. The molecule has 1 atom stereocenters. The lowest BCUT2D eigenvalue weighted by Crippen LogP contribution is -2.21. The highest BCUT2D eigenvalue weighted by Crippen LogP contribution is 2.22. The number of furan rings is 1. The first-order chi connectivity index (χ1) is 7.84. The molecule has 2 rings (SSSR count). The van der Waals surface area contributed by atoms with Crippen molar-refractivity contribution in [3.8, 4) is 0 Å². The van der Waals surface area contributed by atoms with E-state index < -0.39 is 0 Å². The Morgan fingerprint density at radius 1 is 1.62 bits per heavy atom. The minimum absolute atomic E-state index is 0.475. The van der Waals surface area contributed by atoms with Gasteiger partial charge in [-0.05, 0) is 23.7 Å². The summed E-state index contributed by atoms with van der Waals surface area (Å²) >= 11 is 3.18. The Kier molecular flexibility index (Phi) is 4.38. The molecule has 16 heavy (non-hydrogen) atoms. The van der Waals surface area contributed by atoms with Gasteiger partial charge in [-0.2, -0.15) is 4.37 Å². The summed E-state index contributed by atoms with van der Waals surface area (Å²) < 4.78 is 10.2. The lowest BCUT2D eigenvalue weighted by atomic mass is 10.4. The maximum atomic E-state index is 5.23. The van der Waals surface area contributed by atoms with Crippen molar-refractivity contribution in [2.24, 2.45) is 0 Å². The van der Waals surface area contributed by atoms with Crippen LogP contribution in [-0.2, 0) is 6.54 Å². The summed E-state index contributed by atoms with van der Waals surface area (Å²) in [6.45, 7) is 3.86. The predicted octanol–water partition coefficient (Wildman–Crippen LogP) is 2.40. The summed E-state index contributed by atoms with van der Waals surface area (Å²) in [7, 11) is 0. The lowest BCUT2D eigenvalue weighted by molar-refractivity contribution is 0.484. The topological polar surface area (TPSA) is 51.0 Å². The number of nitrogens with zero attached hydrogens (tertiary/aromatic N) is 2. The van der Waals surface area contributed by atoms with Crippen molar-refractivity contribution in [2.75, 3.05) is 6.54 Å². The predicted molar refractivity (Wildman–Crippen MR) is 65.6 cm³/mol. The van der Waals surface area contributed by atoms with E-state index in [1.54, 1.807) is 24.4 Å². The molecule has 0 aliphatic rings. The van der Waals surface area contributed by atoms with Crippen LogP contribution >= 0.6 is 23.3 Å². The molecule has 1 N–H and O–H groups in total. The third-order valence-corrected chi connectivity index (χ3v) is 3.80. The second-order valence-electron chi connectivity index (χ2n) is 3.35. The van der Waals surface area contributed by atoms with Crippen molar-refractivity contribution >= 4 is 23.3 Å². The molecule has 0 spiro atoms. The van der Waals surface area contributed by atoms with E-state index in [0.29, 0.717) is 5.25 Å². The van der Waals surface area contributed by atoms with E-state index >= 15 is 0 Å². The summed E-state index contributed by atoms with van der Waals surface area (Å²) in [4.78, 5) is 4.14. The van der Waals surface area contributed by atoms with Crippen LogP contribution in [-0.4, -0.2) is 21.2 Å². The number of aromatic nitrogens is 2. The number of hydrogen-bond donors (Lipinski definition) is 1. The summed E-state index contributed by atoms with van der Waals surface area (Å²) in [5, 5.41) is 3.82. The van der Waals surface area contributed by atoms with Crippen LogP contribution in [0, 0.1) is 0 Å². The van der Waals surface area contributed by atoms with E-state index in [1.807, 2.05) is 12.1 Å². The summed E-state index contributed by atoms with van der Waals surface area (Å²) in [5.74, 6) is 0.966. The Hall–Kier alpha value is -0.850. The Morgan fingerprint density at radius 2 is 2.56 bits per heavy atom. The van der Waals surface area contributed by atoms with Gasteiger partial charge in [0, 0.05) is 11.8 Å². The highest BCUT2D eigenvalue weighted by molar-refractivity contribution is 8.01. The Morgan fingerprint density at radius 3 is 3.25 bits per heavy atom. The standard InChI is InChI=1S/C10H13N3OS2/c1-8(15-10-12-7-13-16-10)5-11-6-9-3-2-4-14-9/h2-4,7-8,11H,5-6H2,1H3. The largest absolute Gasteiger partial charge is 0.468 e. The minimum atomic E-state index is 0.475. The van der Waals surface area contributed by atoms with Gasteiger partial charge in [0.05, 0.1) is 12.8 Å². The third kappa shape index (κ3) is 3.62. The fourth-order valence-corrected chi connectivity index (χ4v) is 2.97. The molecule has 1 unspecified atom stereocenters. The van der Waals surface area contributed by atoms with Crippen molar-refractivity contribution in [3.63, 3.8) is 0 Å². The van der Waals surface area contributed by atoms with Crippen LogP contribution in [0.15, 0.2) is 33.5 Å². The lowest BCUT2D eigenvalue weighted by Gasteiger charge is -2.09. The molecule has 2 heterocycles. The van der Waals surface area contributed by atoms with Crippen LogP contribution in [0.2, 0.25) is 0 Å². The number of thioether (sulfide) groups is 1. The fourth-order valence-electron chi connectivity index (χ4n) is 1.24. The Bertz CT molecular complexity index is 388. The molecular formula is C10H13N3OS2. The SMILES string of the molecule is CC(CNCc1ccco1)Sc1ncns1. The minimum Gasteiger partial charge on any atom is -0.468 e. The van der Waals surface area contributed by atoms with Crippen LogP contribution in [0.5, 0.6) is 0 Å². The van der Waals surface area contributed by atoms with E-state index in [4.69, 9.17) is 4.42 Å². The third-order valence-electron chi connectivity index (χ3n) is 1.95. The van der Waals surface area contributed by atoms with E-state index in [-0.39, 0.29) is 0 Å². The first-order valence-corrected chi connectivity index (χ1v) is 6.66. The number of rotatable bonds is 6. The van der Waals surface area contributed by atoms with Gasteiger partial charge in [0.25, 0.3) is 0 Å². The Balaban J connectivity index is 1.66. The molecule has 0 saturated carbocycles. The molecule has 6 heteroatoms. The van der Waals surface area contributed by atoms with Crippen LogP contribution in [0.25, 0.3) is 0 Å². The van der Waals surface area contributed by atoms with E-state index in [1.165, 1.54) is 11.5 Å². The fraction of sp³-hybridized carbons (Fsp3) is 0.400. The molecule has 0 radical (unpaired) electrons. The molecule has 0 aliphatic carbocycles. The zero-order valence-electron chi connectivity index (χ0n) is 8.92. The van der Waals surface area contributed by atoms with Gasteiger partial charge < -0.3 is 9.73 Å². The second kappa shape index (κ2) is 6.03. The van der Waals surface area contributed by atoms with Gasteiger partial charge in [-0.25, -0.2) is 4.98 Å². The number of hydrogen-bond acceptors (Lipinski definition) is 6. The highest BCUT2D eigenvalue weighted by atomic mass is 32.2. The molecule has 0 saturated heterocycles. The van der Waals surface area contributed by atoms with Gasteiger partial charge in [0.15, 0.2) is 4.34 Å². The summed E-state index contributed by atoms with van der Waals surface area (Å²) in [6.07, 6.45) is 3.28. The van der Waals surface area contributed by atoms with Gasteiger partial charge in [-0.1, -0.05) is 18.7 Å². The van der Waals surface area contributed by atoms with Crippen LogP contribution < -0.4 is 5.32 Å². The van der Waals surface area contributed by atoms with Crippen LogP contribution in [0.4, 0.5) is 0 Å². The molecule has 86 valence electrons. The van der Waals surface area contributed by atoms with Gasteiger partial charge in [-0.15, -0.1) is 0 Å². The highest BCUT2D eigenvalue weighted by Gasteiger charge is 2.06. The normalized spacial score (nSPS) is 12.8. The summed E-state index contributed by atoms with van der Waals surface area (Å²) in [5.41, 5.74) is 0. The van der Waals surface area contributed by atoms with Crippen molar-refractivity contribution in [1.82, 2.24) is 14.7 Å². The molecule has 0 aliphatic heterocycles. The molecule has 2 aromatic rings. The van der Waals surface area contributed by atoms with Gasteiger partial charge >= 0.3 is 0 Å². The molecule has 0 amide bonds. The van der Waals surface area contributed by atoms with Gasteiger partial charge in [-0.3, -0.25) is 0 Å². The first-order valence-electron chi connectivity index (χ1n) is 5.01. The van der Waals surface area contributed by atoms with Crippen molar-refractivity contribution in [2.45, 2.75) is 23.1 Å². The molecule has 0 bridgehead atoms. The monoisotopic (exact) mass is 255 g/mol. The Labute approximate surface area is 103 Å². The van der Waals surface area contributed by atoms with Crippen LogP contribution in [0.3, 0.4) is 0 Å². The molecular weight excluding hydrogens is 242 g/mol. The maximum absolute atomic E-state index is 5.23. The van der Waals surface area contributed by atoms with E-state index in [9.17, 15) is 0 Å². The molecule has 0 fully saturated rings. The second-order valence-corrected chi connectivity index (χ2v) is 5.81. The zero-order chi connectivity index (χ0) is 11.2. The quantitative estimate of drug-likeness (QED) is 0.803. The zero-order valence-corrected chi connectivity index (χ0v) is 10.6. The molecule has 4 nitrogen and oxygen atoms in total. The molecule has 0 aromatic carbocycles. The van der Waals surface area contributed by atoms with Gasteiger partial charge in [0.2, 0.25) is 0 Å². The van der Waals surface area contributed by atoms with Crippen molar-refractivity contribution in [3.05, 3.63) is 30.5 Å². The average molecular weight is 255 g/mol. The average Bonchev–Trinajstić information content (AvgIpc) is 2.90. The van der Waals surface area contributed by atoms with E-state index in [2.05, 4.69) is 21.6 Å². The van der Waals surface area contributed by atoms with Crippen molar-refractivity contribution in [1.29, 1.82) is 0 Å². The maximum Gasteiger partial charge on any atom is 0.170 e. The van der Waals surface area contributed by atoms with E-state index in [0.717, 1.165) is 23.2 Å². The molecule has 2 aromatic heterocycles. The summed E-state index contributed by atoms with van der Waals surface area (Å²) in [6, 6.07) is 3.87. The van der Waals surface area contributed by atoms with Crippen LogP contribution in [0.1, 0.15) is 12.7 Å². The van der Waals surface area contributed by atoms with Gasteiger partial charge in [0.1, 0.15) is 12.1 Å².